The van der Waals surface area contributed by atoms with Crippen molar-refractivity contribution in [3.63, 3.8) is 0 Å². The van der Waals surface area contributed by atoms with E-state index in [2.05, 4.69) is 20.6 Å². The molecule has 138 valence electrons. The highest BCUT2D eigenvalue weighted by Crippen LogP contribution is 2.25. The SMILES string of the molecule is CN/C=C(/C)c1ncc(C(=O)Nc2ccccc2OCc2ccccc2)[nH]1. The third-order valence-corrected chi connectivity index (χ3v) is 3.93. The third kappa shape index (κ3) is 4.76. The molecule has 6 nitrogen and oxygen atoms in total. The van der Waals surface area contributed by atoms with Crippen LogP contribution in [0.15, 0.2) is 67.0 Å². The maximum atomic E-state index is 12.6. The highest BCUT2D eigenvalue weighted by Gasteiger charge is 2.13. The Labute approximate surface area is 158 Å². The van der Waals surface area contributed by atoms with Crippen molar-refractivity contribution < 1.29 is 9.53 Å². The summed E-state index contributed by atoms with van der Waals surface area (Å²) < 4.78 is 5.88. The first-order valence-electron chi connectivity index (χ1n) is 8.64. The molecule has 6 heteroatoms. The summed E-state index contributed by atoms with van der Waals surface area (Å²) in [5.74, 6) is 0.977. The topological polar surface area (TPSA) is 79.0 Å². The van der Waals surface area contributed by atoms with Gasteiger partial charge in [-0.15, -0.1) is 0 Å². The molecule has 2 aromatic carbocycles. The number of hydrogen-bond donors (Lipinski definition) is 3. The van der Waals surface area contributed by atoms with Gasteiger partial charge < -0.3 is 20.4 Å². The molecule has 0 unspecified atom stereocenters. The molecule has 3 N–H and O–H groups in total. The van der Waals surface area contributed by atoms with E-state index in [9.17, 15) is 4.79 Å². The lowest BCUT2D eigenvalue weighted by Gasteiger charge is -2.12. The Morgan fingerprint density at radius 2 is 1.89 bits per heavy atom. The minimum absolute atomic E-state index is 0.276. The number of H-pyrrole nitrogens is 1. The standard InChI is InChI=1S/C21H22N4O2/c1-15(12-22-2)20-23-13-18(24-20)21(26)25-17-10-6-7-11-19(17)27-14-16-8-4-3-5-9-16/h3-13,22H,14H2,1-2H3,(H,23,24)(H,25,26)/b15-12-. The summed E-state index contributed by atoms with van der Waals surface area (Å²) in [5.41, 5.74) is 2.95. The zero-order valence-electron chi connectivity index (χ0n) is 15.3. The van der Waals surface area contributed by atoms with Crippen LogP contribution in [0.25, 0.3) is 5.57 Å². The van der Waals surface area contributed by atoms with Gasteiger partial charge in [0.25, 0.3) is 5.91 Å². The minimum Gasteiger partial charge on any atom is -0.487 e. The Bertz CT molecular complexity index is 932. The zero-order chi connectivity index (χ0) is 19.1. The van der Waals surface area contributed by atoms with Crippen molar-refractivity contribution in [1.82, 2.24) is 15.3 Å². The van der Waals surface area contributed by atoms with Crippen LogP contribution < -0.4 is 15.4 Å². The van der Waals surface area contributed by atoms with Crippen LogP contribution in [-0.2, 0) is 6.61 Å². The molecule has 27 heavy (non-hydrogen) atoms. The number of carbonyl (C=O) groups is 1. The number of allylic oxidation sites excluding steroid dienone is 1. The molecular weight excluding hydrogens is 340 g/mol. The normalized spacial score (nSPS) is 11.1. The van der Waals surface area contributed by atoms with Gasteiger partial charge in [0.05, 0.1) is 11.9 Å². The number of para-hydroxylation sites is 2. The number of rotatable bonds is 7. The largest absolute Gasteiger partial charge is 0.487 e. The van der Waals surface area contributed by atoms with Crippen LogP contribution in [0.3, 0.4) is 0 Å². The number of aromatic amines is 1. The summed E-state index contributed by atoms with van der Waals surface area (Å²) in [6.07, 6.45) is 3.33. The molecule has 0 atom stereocenters. The van der Waals surface area contributed by atoms with Crippen LogP contribution in [0, 0.1) is 0 Å². The third-order valence-electron chi connectivity index (χ3n) is 3.93. The summed E-state index contributed by atoms with van der Waals surface area (Å²) in [7, 11) is 1.81. The number of hydrogen-bond acceptors (Lipinski definition) is 4. The fourth-order valence-corrected chi connectivity index (χ4v) is 2.54. The Hall–Kier alpha value is -3.54. The van der Waals surface area contributed by atoms with E-state index < -0.39 is 0 Å². The summed E-state index contributed by atoms with van der Waals surface area (Å²) in [4.78, 5) is 19.8. The van der Waals surface area contributed by atoms with Crippen LogP contribution in [-0.4, -0.2) is 22.9 Å². The molecule has 1 heterocycles. The number of nitrogens with zero attached hydrogens (tertiary/aromatic N) is 1. The van der Waals surface area contributed by atoms with E-state index in [0.717, 1.165) is 11.1 Å². The van der Waals surface area contributed by atoms with Crippen LogP contribution in [0.4, 0.5) is 5.69 Å². The fraction of sp³-hybridized carbons (Fsp3) is 0.143. The number of anilines is 1. The number of imidazole rings is 1. The van der Waals surface area contributed by atoms with Crippen molar-refractivity contribution in [2.45, 2.75) is 13.5 Å². The highest BCUT2D eigenvalue weighted by molar-refractivity contribution is 6.03. The molecule has 3 aromatic rings. The maximum Gasteiger partial charge on any atom is 0.273 e. The van der Waals surface area contributed by atoms with E-state index in [-0.39, 0.29) is 5.91 Å². The zero-order valence-corrected chi connectivity index (χ0v) is 15.3. The molecule has 1 aromatic heterocycles. The Balaban J connectivity index is 1.70. The summed E-state index contributed by atoms with van der Waals surface area (Å²) in [6, 6.07) is 17.2. The Kier molecular flexibility index (Phi) is 5.89. The van der Waals surface area contributed by atoms with Crippen LogP contribution in [0.1, 0.15) is 28.8 Å². The maximum absolute atomic E-state index is 12.6. The molecule has 0 aliphatic carbocycles. The molecule has 0 saturated heterocycles. The second kappa shape index (κ2) is 8.71. The Morgan fingerprint density at radius 3 is 2.67 bits per heavy atom. The summed E-state index contributed by atoms with van der Waals surface area (Å²) in [6.45, 7) is 2.33. The van der Waals surface area contributed by atoms with Crippen LogP contribution in [0.5, 0.6) is 5.75 Å². The number of carbonyl (C=O) groups excluding carboxylic acids is 1. The second-order valence-electron chi connectivity index (χ2n) is 5.99. The van der Waals surface area contributed by atoms with Crippen LogP contribution >= 0.6 is 0 Å². The number of aromatic nitrogens is 2. The van der Waals surface area contributed by atoms with Gasteiger partial charge in [0.1, 0.15) is 23.9 Å². The van der Waals surface area contributed by atoms with Gasteiger partial charge in [0, 0.05) is 18.8 Å². The molecular formula is C21H22N4O2. The van der Waals surface area contributed by atoms with E-state index in [1.165, 1.54) is 6.20 Å². The first-order chi connectivity index (χ1) is 13.2. The quantitative estimate of drug-likeness (QED) is 0.597. The van der Waals surface area contributed by atoms with Gasteiger partial charge in [-0.25, -0.2) is 4.98 Å². The molecule has 0 fully saturated rings. The predicted octanol–water partition coefficient (Wildman–Crippen LogP) is 3.82. The fourth-order valence-electron chi connectivity index (χ4n) is 2.54. The number of benzene rings is 2. The van der Waals surface area contributed by atoms with Crippen molar-refractivity contribution in [2.75, 3.05) is 12.4 Å². The van der Waals surface area contributed by atoms with Gasteiger partial charge in [-0.2, -0.15) is 0 Å². The molecule has 1 amide bonds. The molecule has 0 saturated carbocycles. The van der Waals surface area contributed by atoms with E-state index >= 15 is 0 Å². The first kappa shape index (κ1) is 18.3. The minimum atomic E-state index is -0.276. The average Bonchev–Trinajstić information content (AvgIpc) is 3.19. The van der Waals surface area contributed by atoms with Crippen molar-refractivity contribution in [3.05, 3.63) is 84.1 Å². The van der Waals surface area contributed by atoms with E-state index in [1.807, 2.05) is 74.8 Å². The van der Waals surface area contributed by atoms with E-state index in [1.54, 1.807) is 0 Å². The molecule has 0 spiro atoms. The van der Waals surface area contributed by atoms with Gasteiger partial charge in [0.15, 0.2) is 0 Å². The van der Waals surface area contributed by atoms with Gasteiger partial charge in [-0.05, 0) is 24.6 Å². The van der Waals surface area contributed by atoms with Crippen molar-refractivity contribution in [1.29, 1.82) is 0 Å². The molecule has 3 rings (SSSR count). The monoisotopic (exact) mass is 362 g/mol. The lowest BCUT2D eigenvalue weighted by Crippen LogP contribution is -2.13. The summed E-state index contributed by atoms with van der Waals surface area (Å²) in [5, 5.41) is 5.82. The smallest absolute Gasteiger partial charge is 0.273 e. The molecule has 0 radical (unpaired) electrons. The first-order valence-corrected chi connectivity index (χ1v) is 8.64. The van der Waals surface area contributed by atoms with Crippen molar-refractivity contribution >= 4 is 17.2 Å². The van der Waals surface area contributed by atoms with Gasteiger partial charge in [0.2, 0.25) is 0 Å². The van der Waals surface area contributed by atoms with Crippen molar-refractivity contribution in [2.24, 2.45) is 0 Å². The van der Waals surface area contributed by atoms with Gasteiger partial charge >= 0.3 is 0 Å². The number of nitrogens with one attached hydrogen (secondary N) is 3. The van der Waals surface area contributed by atoms with Gasteiger partial charge in [-0.1, -0.05) is 42.5 Å². The number of ether oxygens (including phenoxy) is 1. The second-order valence-corrected chi connectivity index (χ2v) is 5.99. The number of amides is 1. The lowest BCUT2D eigenvalue weighted by atomic mass is 10.2. The molecule has 0 bridgehead atoms. The van der Waals surface area contributed by atoms with Gasteiger partial charge in [-0.3, -0.25) is 4.79 Å². The predicted molar refractivity (Wildman–Crippen MR) is 106 cm³/mol. The van der Waals surface area contributed by atoms with E-state index in [0.29, 0.717) is 29.6 Å². The Morgan fingerprint density at radius 1 is 1.15 bits per heavy atom. The van der Waals surface area contributed by atoms with Crippen LogP contribution in [0.2, 0.25) is 0 Å². The highest BCUT2D eigenvalue weighted by atomic mass is 16.5. The lowest BCUT2D eigenvalue weighted by molar-refractivity contribution is 0.102. The average molecular weight is 362 g/mol. The molecule has 0 aliphatic heterocycles. The summed E-state index contributed by atoms with van der Waals surface area (Å²) >= 11 is 0. The van der Waals surface area contributed by atoms with E-state index in [4.69, 9.17) is 4.74 Å². The molecule has 0 aliphatic rings. The van der Waals surface area contributed by atoms with Crippen molar-refractivity contribution in [3.8, 4) is 5.75 Å².